The van der Waals surface area contributed by atoms with E-state index in [0.717, 1.165) is 12.1 Å². The van der Waals surface area contributed by atoms with Crippen LogP contribution in [0.25, 0.3) is 0 Å². The largest absolute Gasteiger partial charge is 0.416 e. The topological polar surface area (TPSA) is 97.8 Å². The first-order chi connectivity index (χ1) is 14.8. The Morgan fingerprint density at radius 3 is 2.94 bits per heavy atom. The van der Waals surface area contributed by atoms with Crippen LogP contribution < -0.4 is 5.32 Å². The summed E-state index contributed by atoms with van der Waals surface area (Å²) in [7, 11) is 0. The number of ether oxygens (including phenoxy) is 1. The highest BCUT2D eigenvalue weighted by Crippen LogP contribution is 2.32. The second-order valence-electron chi connectivity index (χ2n) is 6.88. The summed E-state index contributed by atoms with van der Waals surface area (Å²) >= 11 is 0. The molecule has 1 fully saturated rings. The van der Waals surface area contributed by atoms with Gasteiger partial charge in [0.25, 0.3) is 0 Å². The van der Waals surface area contributed by atoms with Crippen LogP contribution >= 0.6 is 0 Å². The van der Waals surface area contributed by atoms with Crippen LogP contribution in [0.4, 0.5) is 18.9 Å². The highest BCUT2D eigenvalue weighted by molar-refractivity contribution is 5.80. The molecule has 31 heavy (non-hydrogen) atoms. The summed E-state index contributed by atoms with van der Waals surface area (Å²) in [5.74, 6) is 0.601. The summed E-state index contributed by atoms with van der Waals surface area (Å²) in [4.78, 5) is 16.7. The van der Waals surface area contributed by atoms with Crippen LogP contribution in [0.2, 0.25) is 0 Å². The van der Waals surface area contributed by atoms with Crippen LogP contribution in [0.3, 0.4) is 0 Å². The zero-order chi connectivity index (χ0) is 22.4. The number of nitrogens with zero attached hydrogens (tertiary/aromatic N) is 5. The first-order valence-electron chi connectivity index (χ1n) is 9.76. The molecular weight excluding hydrogens is 417 g/mol. The van der Waals surface area contributed by atoms with Gasteiger partial charge in [-0.3, -0.25) is 19.8 Å². The molecule has 1 aliphatic rings. The van der Waals surface area contributed by atoms with Crippen molar-refractivity contribution in [3.63, 3.8) is 0 Å². The lowest BCUT2D eigenvalue weighted by Crippen LogP contribution is -2.48. The van der Waals surface area contributed by atoms with Crippen molar-refractivity contribution in [1.82, 2.24) is 20.0 Å². The monoisotopic (exact) mass is 440 g/mol. The van der Waals surface area contributed by atoms with Gasteiger partial charge in [0.05, 0.1) is 36.7 Å². The number of nitro groups is 1. The number of benzene rings is 1. The Morgan fingerprint density at radius 1 is 1.45 bits per heavy atom. The van der Waals surface area contributed by atoms with Gasteiger partial charge in [-0.2, -0.15) is 18.3 Å². The molecule has 0 saturated carbocycles. The SMILES string of the molecule is CCNC(=NCCn1cc([N+](=O)[O-])cn1)N1CCOC(c2cccc(C(F)(F)F)c2)C1. The van der Waals surface area contributed by atoms with Gasteiger partial charge in [-0.15, -0.1) is 0 Å². The highest BCUT2D eigenvalue weighted by Gasteiger charge is 2.32. The van der Waals surface area contributed by atoms with E-state index < -0.39 is 22.8 Å². The van der Waals surface area contributed by atoms with Crippen molar-refractivity contribution in [2.24, 2.45) is 4.99 Å². The summed E-state index contributed by atoms with van der Waals surface area (Å²) < 4.78 is 46.3. The number of hydrogen-bond acceptors (Lipinski definition) is 5. The molecule has 1 atom stereocenters. The second-order valence-corrected chi connectivity index (χ2v) is 6.88. The molecule has 1 aromatic heterocycles. The average molecular weight is 440 g/mol. The Labute approximate surface area is 176 Å². The van der Waals surface area contributed by atoms with Gasteiger partial charge in [0.1, 0.15) is 18.5 Å². The van der Waals surface area contributed by atoms with E-state index in [1.165, 1.54) is 23.1 Å². The average Bonchev–Trinajstić information content (AvgIpc) is 3.22. The van der Waals surface area contributed by atoms with Crippen molar-refractivity contribution in [2.75, 3.05) is 32.8 Å². The van der Waals surface area contributed by atoms with Crippen molar-refractivity contribution in [2.45, 2.75) is 25.7 Å². The molecule has 1 saturated heterocycles. The molecule has 1 N–H and O–H groups in total. The van der Waals surface area contributed by atoms with Gasteiger partial charge >= 0.3 is 11.9 Å². The normalized spacial score (nSPS) is 17.6. The van der Waals surface area contributed by atoms with Crippen molar-refractivity contribution in [1.29, 1.82) is 0 Å². The van der Waals surface area contributed by atoms with Gasteiger partial charge in [0, 0.05) is 13.1 Å². The van der Waals surface area contributed by atoms with Crippen molar-refractivity contribution in [3.05, 3.63) is 57.9 Å². The van der Waals surface area contributed by atoms with E-state index in [4.69, 9.17) is 4.74 Å². The summed E-state index contributed by atoms with van der Waals surface area (Å²) in [5, 5.41) is 17.8. The maximum absolute atomic E-state index is 13.0. The van der Waals surface area contributed by atoms with Gasteiger partial charge in [0.15, 0.2) is 5.96 Å². The predicted octanol–water partition coefficient (Wildman–Crippen LogP) is 2.85. The number of rotatable bonds is 6. The fourth-order valence-corrected chi connectivity index (χ4v) is 3.21. The molecule has 1 aromatic carbocycles. The van der Waals surface area contributed by atoms with E-state index in [9.17, 15) is 23.3 Å². The zero-order valence-electron chi connectivity index (χ0n) is 16.9. The summed E-state index contributed by atoms with van der Waals surface area (Å²) in [5.41, 5.74) is -0.341. The molecule has 0 spiro atoms. The van der Waals surface area contributed by atoms with Crippen LogP contribution in [0.15, 0.2) is 41.7 Å². The van der Waals surface area contributed by atoms with Gasteiger partial charge in [0.2, 0.25) is 0 Å². The number of guanidine groups is 1. The van der Waals surface area contributed by atoms with Crippen LogP contribution in [0.1, 0.15) is 24.2 Å². The van der Waals surface area contributed by atoms with Crippen molar-refractivity contribution in [3.8, 4) is 0 Å². The van der Waals surface area contributed by atoms with E-state index >= 15 is 0 Å². The molecule has 2 aromatic rings. The summed E-state index contributed by atoms with van der Waals surface area (Å²) in [6.07, 6.45) is -2.42. The number of aromatic nitrogens is 2. The van der Waals surface area contributed by atoms with E-state index in [2.05, 4.69) is 15.4 Å². The fourth-order valence-electron chi connectivity index (χ4n) is 3.21. The summed E-state index contributed by atoms with van der Waals surface area (Å²) in [6.45, 7) is 4.43. The Bertz CT molecular complexity index is 931. The highest BCUT2D eigenvalue weighted by atomic mass is 19.4. The predicted molar refractivity (Wildman–Crippen MR) is 107 cm³/mol. The molecule has 1 unspecified atom stereocenters. The molecular formula is C19H23F3N6O3. The quantitative estimate of drug-likeness (QED) is 0.321. The van der Waals surface area contributed by atoms with Crippen LogP contribution in [0, 0.1) is 10.1 Å². The minimum Gasteiger partial charge on any atom is -0.370 e. The number of halogens is 3. The Kier molecular flexibility index (Phi) is 7.10. The van der Waals surface area contributed by atoms with E-state index in [-0.39, 0.29) is 5.69 Å². The van der Waals surface area contributed by atoms with Gasteiger partial charge < -0.3 is 15.0 Å². The smallest absolute Gasteiger partial charge is 0.370 e. The number of nitrogens with one attached hydrogen (secondary N) is 1. The van der Waals surface area contributed by atoms with Gasteiger partial charge in [-0.1, -0.05) is 12.1 Å². The first kappa shape index (κ1) is 22.5. The summed E-state index contributed by atoms with van der Waals surface area (Å²) in [6, 6.07) is 5.15. The Morgan fingerprint density at radius 2 is 2.26 bits per heavy atom. The molecule has 168 valence electrons. The van der Waals surface area contributed by atoms with Crippen LogP contribution in [-0.2, 0) is 17.5 Å². The second kappa shape index (κ2) is 9.77. The minimum absolute atomic E-state index is 0.0898. The van der Waals surface area contributed by atoms with Crippen LogP contribution in [-0.4, -0.2) is 58.3 Å². The number of alkyl halides is 3. The Hall–Kier alpha value is -3.15. The number of morpholine rings is 1. The maximum Gasteiger partial charge on any atom is 0.416 e. The minimum atomic E-state index is -4.41. The van der Waals surface area contributed by atoms with Crippen molar-refractivity contribution >= 4 is 11.6 Å². The molecule has 0 amide bonds. The van der Waals surface area contributed by atoms with E-state index in [1.54, 1.807) is 6.07 Å². The zero-order valence-corrected chi connectivity index (χ0v) is 16.9. The molecule has 9 nitrogen and oxygen atoms in total. The number of aliphatic imine (C=N–C) groups is 1. The third-order valence-corrected chi connectivity index (χ3v) is 4.71. The number of hydrogen-bond donors (Lipinski definition) is 1. The molecule has 1 aliphatic heterocycles. The third kappa shape index (κ3) is 5.94. The molecule has 0 aliphatic carbocycles. The van der Waals surface area contributed by atoms with E-state index in [1.807, 2.05) is 11.8 Å². The molecule has 3 rings (SSSR count). The first-order valence-corrected chi connectivity index (χ1v) is 9.76. The van der Waals surface area contributed by atoms with Gasteiger partial charge in [-0.25, -0.2) is 0 Å². The fraction of sp³-hybridized carbons (Fsp3) is 0.474. The lowest BCUT2D eigenvalue weighted by Gasteiger charge is -2.35. The molecule has 12 heteroatoms. The van der Waals surface area contributed by atoms with E-state index in [0.29, 0.717) is 50.9 Å². The van der Waals surface area contributed by atoms with Crippen LogP contribution in [0.5, 0.6) is 0 Å². The molecule has 0 radical (unpaired) electrons. The lowest BCUT2D eigenvalue weighted by atomic mass is 10.0. The maximum atomic E-state index is 13.0. The third-order valence-electron chi connectivity index (χ3n) is 4.71. The lowest BCUT2D eigenvalue weighted by molar-refractivity contribution is -0.385. The standard InChI is InChI=1S/C19H23F3N6O3/c1-2-23-18(24-6-7-27-12-16(11-25-27)28(29)30)26-8-9-31-17(13-26)14-4-3-5-15(10-14)19(20,21)22/h3-5,10-12,17H,2,6-9,13H2,1H3,(H,23,24). The van der Waals surface area contributed by atoms with Crippen molar-refractivity contribution < 1.29 is 22.8 Å². The molecule has 2 heterocycles. The van der Waals surface area contributed by atoms with Gasteiger partial charge in [-0.05, 0) is 24.6 Å². The Balaban J connectivity index is 1.68. The molecule has 0 bridgehead atoms.